The fraction of sp³-hybridized carbons (Fsp3) is 0.333. The van der Waals surface area contributed by atoms with Crippen molar-refractivity contribution in [2.75, 3.05) is 6.54 Å². The number of nitrogens with one attached hydrogen (secondary N) is 2. The van der Waals surface area contributed by atoms with Gasteiger partial charge in [0.1, 0.15) is 5.82 Å². The molecule has 1 aliphatic heterocycles. The van der Waals surface area contributed by atoms with Gasteiger partial charge in [-0.2, -0.15) is 0 Å². The Hall–Kier alpha value is -1.91. The fourth-order valence-corrected chi connectivity index (χ4v) is 1.73. The van der Waals surface area contributed by atoms with Gasteiger partial charge in [0, 0.05) is 24.6 Å². The highest BCUT2D eigenvalue weighted by Crippen LogP contribution is 2.06. The van der Waals surface area contributed by atoms with E-state index in [1.807, 2.05) is 0 Å². The van der Waals surface area contributed by atoms with Crippen LogP contribution >= 0.6 is 0 Å². The van der Waals surface area contributed by atoms with E-state index in [1.54, 1.807) is 0 Å². The van der Waals surface area contributed by atoms with Gasteiger partial charge in [-0.15, -0.1) is 0 Å². The van der Waals surface area contributed by atoms with Gasteiger partial charge >= 0.3 is 0 Å². The highest BCUT2D eigenvalue weighted by molar-refractivity contribution is 5.94. The third-order valence-electron chi connectivity index (χ3n) is 2.71. The summed E-state index contributed by atoms with van der Waals surface area (Å²) in [7, 11) is 0. The molecule has 1 aromatic rings. The molecule has 0 bridgehead atoms. The van der Waals surface area contributed by atoms with Crippen LogP contribution in [0, 0.1) is 5.82 Å². The lowest BCUT2D eigenvalue weighted by molar-refractivity contribution is -0.122. The van der Waals surface area contributed by atoms with Crippen molar-refractivity contribution in [2.45, 2.75) is 18.9 Å². The van der Waals surface area contributed by atoms with E-state index in [0.717, 1.165) is 0 Å². The van der Waals surface area contributed by atoms with Crippen LogP contribution in [0.4, 0.5) is 4.39 Å². The second-order valence-corrected chi connectivity index (χ2v) is 4.02. The first-order valence-electron chi connectivity index (χ1n) is 5.48. The number of piperidine rings is 1. The van der Waals surface area contributed by atoms with Gasteiger partial charge in [-0.05, 0) is 30.7 Å². The van der Waals surface area contributed by atoms with Gasteiger partial charge in [0.05, 0.1) is 0 Å². The quantitative estimate of drug-likeness (QED) is 0.799. The molecule has 1 saturated heterocycles. The minimum Gasteiger partial charge on any atom is -0.354 e. The average molecular weight is 236 g/mol. The maximum absolute atomic E-state index is 12.7. The molecule has 0 aromatic heterocycles. The van der Waals surface area contributed by atoms with E-state index in [4.69, 9.17) is 0 Å². The SMILES string of the molecule is O=C1CCC(NC(=O)c2ccc(F)cc2)CN1. The first kappa shape index (κ1) is 11.6. The Labute approximate surface area is 98.2 Å². The summed E-state index contributed by atoms with van der Waals surface area (Å²) < 4.78 is 12.7. The molecule has 2 amide bonds. The number of amides is 2. The number of hydrogen-bond donors (Lipinski definition) is 2. The fourth-order valence-electron chi connectivity index (χ4n) is 1.73. The number of halogens is 1. The molecule has 1 heterocycles. The Kier molecular flexibility index (Phi) is 3.37. The molecule has 5 heteroatoms. The molecule has 4 nitrogen and oxygen atoms in total. The van der Waals surface area contributed by atoms with Crippen LogP contribution in [0.25, 0.3) is 0 Å². The Balaban J connectivity index is 1.93. The Bertz CT molecular complexity index is 421. The zero-order chi connectivity index (χ0) is 12.3. The van der Waals surface area contributed by atoms with Crippen LogP contribution in [0.5, 0.6) is 0 Å². The van der Waals surface area contributed by atoms with Crippen molar-refractivity contribution < 1.29 is 14.0 Å². The smallest absolute Gasteiger partial charge is 0.251 e. The molecule has 0 spiro atoms. The third-order valence-corrected chi connectivity index (χ3v) is 2.71. The number of benzene rings is 1. The molecule has 2 N–H and O–H groups in total. The average Bonchev–Trinajstić information content (AvgIpc) is 2.33. The predicted molar refractivity (Wildman–Crippen MR) is 59.9 cm³/mol. The summed E-state index contributed by atoms with van der Waals surface area (Å²) >= 11 is 0. The van der Waals surface area contributed by atoms with E-state index >= 15 is 0 Å². The second-order valence-electron chi connectivity index (χ2n) is 4.02. The Morgan fingerprint density at radius 1 is 1.35 bits per heavy atom. The van der Waals surface area contributed by atoms with Crippen molar-refractivity contribution >= 4 is 11.8 Å². The maximum atomic E-state index is 12.7. The van der Waals surface area contributed by atoms with Crippen LogP contribution in [-0.4, -0.2) is 24.4 Å². The van der Waals surface area contributed by atoms with Crippen LogP contribution < -0.4 is 10.6 Å². The highest BCUT2D eigenvalue weighted by Gasteiger charge is 2.19. The van der Waals surface area contributed by atoms with Crippen LogP contribution in [0.15, 0.2) is 24.3 Å². The molecular weight excluding hydrogens is 223 g/mol. The molecule has 1 aromatic carbocycles. The minimum atomic E-state index is -0.369. The highest BCUT2D eigenvalue weighted by atomic mass is 19.1. The maximum Gasteiger partial charge on any atom is 0.251 e. The van der Waals surface area contributed by atoms with Crippen LogP contribution in [0.2, 0.25) is 0 Å². The molecule has 1 fully saturated rings. The summed E-state index contributed by atoms with van der Waals surface area (Å²) in [6.45, 7) is 0.450. The summed E-state index contributed by atoms with van der Waals surface area (Å²) in [5.41, 5.74) is 0.420. The van der Waals surface area contributed by atoms with Crippen molar-refractivity contribution in [3.63, 3.8) is 0 Å². The predicted octanol–water partition coefficient (Wildman–Crippen LogP) is 0.834. The number of carbonyl (C=O) groups is 2. The topological polar surface area (TPSA) is 58.2 Å². The van der Waals surface area contributed by atoms with Crippen LogP contribution in [-0.2, 0) is 4.79 Å². The first-order valence-corrected chi connectivity index (χ1v) is 5.48. The monoisotopic (exact) mass is 236 g/mol. The van der Waals surface area contributed by atoms with Crippen molar-refractivity contribution in [1.82, 2.24) is 10.6 Å². The summed E-state index contributed by atoms with van der Waals surface area (Å²) in [5, 5.41) is 5.48. The van der Waals surface area contributed by atoms with Gasteiger partial charge in [-0.3, -0.25) is 9.59 Å². The standard InChI is InChI=1S/C12H13FN2O2/c13-9-3-1-8(2-4-9)12(17)15-10-5-6-11(16)14-7-10/h1-4,10H,5-7H2,(H,14,16)(H,15,17). The first-order chi connectivity index (χ1) is 8.15. The van der Waals surface area contributed by atoms with Crippen molar-refractivity contribution in [3.05, 3.63) is 35.6 Å². The van der Waals surface area contributed by atoms with E-state index in [1.165, 1.54) is 24.3 Å². The lowest BCUT2D eigenvalue weighted by Crippen LogP contribution is -2.47. The van der Waals surface area contributed by atoms with Crippen LogP contribution in [0.3, 0.4) is 0 Å². The zero-order valence-electron chi connectivity index (χ0n) is 9.20. The number of hydrogen-bond acceptors (Lipinski definition) is 2. The molecule has 90 valence electrons. The lowest BCUT2D eigenvalue weighted by Gasteiger charge is -2.23. The summed E-state index contributed by atoms with van der Waals surface area (Å²) in [5.74, 6) is -0.602. The van der Waals surface area contributed by atoms with Gasteiger partial charge in [0.2, 0.25) is 5.91 Å². The molecular formula is C12H13FN2O2. The molecule has 17 heavy (non-hydrogen) atoms. The Morgan fingerprint density at radius 2 is 2.06 bits per heavy atom. The van der Waals surface area contributed by atoms with Gasteiger partial charge in [-0.25, -0.2) is 4.39 Å². The van der Waals surface area contributed by atoms with Gasteiger partial charge in [0.15, 0.2) is 0 Å². The van der Waals surface area contributed by atoms with Gasteiger partial charge < -0.3 is 10.6 Å². The molecule has 0 aliphatic carbocycles. The van der Waals surface area contributed by atoms with Gasteiger partial charge in [0.25, 0.3) is 5.91 Å². The van der Waals surface area contributed by atoms with Crippen molar-refractivity contribution in [3.8, 4) is 0 Å². The van der Waals surface area contributed by atoms with E-state index in [-0.39, 0.29) is 23.7 Å². The summed E-state index contributed by atoms with van der Waals surface area (Å²) in [6.07, 6.45) is 1.06. The molecule has 1 aliphatic rings. The molecule has 1 unspecified atom stereocenters. The second kappa shape index (κ2) is 4.95. The molecule has 2 rings (SSSR count). The van der Waals surface area contributed by atoms with Crippen LogP contribution in [0.1, 0.15) is 23.2 Å². The number of rotatable bonds is 2. The minimum absolute atomic E-state index is 0.0114. The largest absolute Gasteiger partial charge is 0.354 e. The lowest BCUT2D eigenvalue weighted by atomic mass is 10.1. The van der Waals surface area contributed by atoms with E-state index in [9.17, 15) is 14.0 Å². The van der Waals surface area contributed by atoms with E-state index in [0.29, 0.717) is 24.9 Å². The third kappa shape index (κ3) is 3.03. The summed E-state index contributed by atoms with van der Waals surface area (Å²) in [4.78, 5) is 22.7. The normalized spacial score (nSPS) is 19.6. The van der Waals surface area contributed by atoms with Crippen molar-refractivity contribution in [2.24, 2.45) is 0 Å². The van der Waals surface area contributed by atoms with E-state index < -0.39 is 0 Å². The molecule has 1 atom stereocenters. The van der Waals surface area contributed by atoms with E-state index in [2.05, 4.69) is 10.6 Å². The zero-order valence-corrected chi connectivity index (χ0v) is 9.20. The summed E-state index contributed by atoms with van der Waals surface area (Å²) in [6, 6.07) is 5.32. The van der Waals surface area contributed by atoms with Gasteiger partial charge in [-0.1, -0.05) is 0 Å². The molecule has 0 radical (unpaired) electrons. The molecule has 0 saturated carbocycles. The number of carbonyl (C=O) groups excluding carboxylic acids is 2. The Morgan fingerprint density at radius 3 is 2.65 bits per heavy atom. The van der Waals surface area contributed by atoms with Crippen molar-refractivity contribution in [1.29, 1.82) is 0 Å².